The molecule has 142 valence electrons. The second kappa shape index (κ2) is 6.88. The summed E-state index contributed by atoms with van der Waals surface area (Å²) in [6.45, 7) is 3.59. The Balaban J connectivity index is 2.04. The fourth-order valence-corrected chi connectivity index (χ4v) is 3.33. The zero-order valence-corrected chi connectivity index (χ0v) is 16.1. The molecule has 2 heterocycles. The number of benzene rings is 1. The van der Waals surface area contributed by atoms with E-state index < -0.39 is 16.0 Å². The standard InChI is InChI=1S/C17H19N5O4S/c1-10-5-6-12(7-14(10)21-27(4,24)25)20-16-15-11(2)13(17(23)26-3)8-22(15)19-9-18-16/h5-9,21H,1-4H3,(H,18,19,20). The topological polar surface area (TPSA) is 115 Å². The number of anilines is 3. The van der Waals surface area contributed by atoms with Crippen molar-refractivity contribution in [3.63, 3.8) is 0 Å². The van der Waals surface area contributed by atoms with Crippen LogP contribution in [0.15, 0.2) is 30.7 Å². The van der Waals surface area contributed by atoms with Crippen LogP contribution >= 0.6 is 0 Å². The van der Waals surface area contributed by atoms with Crippen molar-refractivity contribution in [2.24, 2.45) is 0 Å². The van der Waals surface area contributed by atoms with Crippen LogP contribution in [0, 0.1) is 13.8 Å². The number of methoxy groups -OCH3 is 1. The molecule has 0 fully saturated rings. The maximum atomic E-state index is 11.9. The number of aryl methyl sites for hydroxylation is 2. The predicted octanol–water partition coefficient (Wildman–Crippen LogP) is 2.25. The third-order valence-electron chi connectivity index (χ3n) is 4.03. The number of hydrogen-bond donors (Lipinski definition) is 2. The Labute approximate surface area is 156 Å². The first kappa shape index (κ1) is 18.6. The summed E-state index contributed by atoms with van der Waals surface area (Å²) in [7, 11) is -2.08. The number of aromatic nitrogens is 3. The molecule has 0 spiro atoms. The van der Waals surface area contributed by atoms with Crippen molar-refractivity contribution in [3.05, 3.63) is 47.4 Å². The Hall–Kier alpha value is -3.14. The summed E-state index contributed by atoms with van der Waals surface area (Å²) >= 11 is 0. The smallest absolute Gasteiger partial charge is 0.339 e. The number of rotatable bonds is 5. The van der Waals surface area contributed by atoms with E-state index in [0.29, 0.717) is 33.8 Å². The van der Waals surface area contributed by atoms with Gasteiger partial charge < -0.3 is 10.1 Å². The Bertz CT molecular complexity index is 1140. The summed E-state index contributed by atoms with van der Waals surface area (Å²) in [4.78, 5) is 16.2. The molecule has 0 radical (unpaired) electrons. The number of nitrogens with zero attached hydrogens (tertiary/aromatic N) is 3. The lowest BCUT2D eigenvalue weighted by atomic mass is 10.1. The molecule has 1 aromatic carbocycles. The average molecular weight is 389 g/mol. The molecular weight excluding hydrogens is 370 g/mol. The number of sulfonamides is 1. The normalized spacial score (nSPS) is 11.4. The van der Waals surface area contributed by atoms with Crippen LogP contribution < -0.4 is 10.0 Å². The zero-order valence-electron chi connectivity index (χ0n) is 15.3. The van der Waals surface area contributed by atoms with Gasteiger partial charge in [0.05, 0.1) is 24.6 Å². The van der Waals surface area contributed by atoms with Gasteiger partial charge in [-0.05, 0) is 37.1 Å². The minimum Gasteiger partial charge on any atom is -0.465 e. The number of fused-ring (bicyclic) bond motifs is 1. The third kappa shape index (κ3) is 3.85. The summed E-state index contributed by atoms with van der Waals surface area (Å²) in [6, 6.07) is 5.27. The molecule has 0 bridgehead atoms. The summed E-state index contributed by atoms with van der Waals surface area (Å²) < 4.78 is 31.9. The van der Waals surface area contributed by atoms with Crippen LogP contribution in [0.25, 0.3) is 5.52 Å². The van der Waals surface area contributed by atoms with Crippen LogP contribution in [0.5, 0.6) is 0 Å². The number of carbonyl (C=O) groups is 1. The van der Waals surface area contributed by atoms with E-state index in [0.717, 1.165) is 11.8 Å². The van der Waals surface area contributed by atoms with E-state index in [2.05, 4.69) is 20.1 Å². The predicted molar refractivity (Wildman–Crippen MR) is 102 cm³/mol. The van der Waals surface area contributed by atoms with Gasteiger partial charge in [-0.25, -0.2) is 22.7 Å². The summed E-state index contributed by atoms with van der Waals surface area (Å²) in [6.07, 6.45) is 4.04. The highest BCUT2D eigenvalue weighted by atomic mass is 32.2. The minimum absolute atomic E-state index is 0.393. The zero-order chi connectivity index (χ0) is 19.8. The van der Waals surface area contributed by atoms with Gasteiger partial charge in [0.1, 0.15) is 11.8 Å². The maximum Gasteiger partial charge on any atom is 0.339 e. The van der Waals surface area contributed by atoms with E-state index in [4.69, 9.17) is 4.74 Å². The molecule has 2 aromatic heterocycles. The quantitative estimate of drug-likeness (QED) is 0.643. The van der Waals surface area contributed by atoms with Gasteiger partial charge in [0.25, 0.3) is 0 Å². The SMILES string of the molecule is COC(=O)c1cn2ncnc(Nc3ccc(C)c(NS(C)(=O)=O)c3)c2c1C. The monoisotopic (exact) mass is 389 g/mol. The van der Waals surface area contributed by atoms with Gasteiger partial charge in [0.15, 0.2) is 5.82 Å². The molecule has 0 aliphatic heterocycles. The van der Waals surface area contributed by atoms with Gasteiger partial charge in [0.2, 0.25) is 10.0 Å². The van der Waals surface area contributed by atoms with E-state index in [9.17, 15) is 13.2 Å². The average Bonchev–Trinajstić information content (AvgIpc) is 2.94. The first-order valence-electron chi connectivity index (χ1n) is 7.96. The molecule has 0 saturated carbocycles. The fourth-order valence-electron chi connectivity index (χ4n) is 2.71. The first-order valence-corrected chi connectivity index (χ1v) is 9.85. The summed E-state index contributed by atoms with van der Waals surface area (Å²) in [5.41, 5.74) is 3.57. The van der Waals surface area contributed by atoms with Crippen LogP contribution in [0.2, 0.25) is 0 Å². The fraction of sp³-hybridized carbons (Fsp3) is 0.235. The van der Waals surface area contributed by atoms with Crippen LogP contribution in [0.4, 0.5) is 17.2 Å². The molecule has 0 aliphatic carbocycles. The van der Waals surface area contributed by atoms with E-state index in [-0.39, 0.29) is 0 Å². The Morgan fingerprint density at radius 2 is 2.00 bits per heavy atom. The number of nitrogens with one attached hydrogen (secondary N) is 2. The lowest BCUT2D eigenvalue weighted by Gasteiger charge is -2.12. The highest BCUT2D eigenvalue weighted by molar-refractivity contribution is 7.92. The maximum absolute atomic E-state index is 11.9. The van der Waals surface area contributed by atoms with Gasteiger partial charge in [-0.2, -0.15) is 5.10 Å². The molecule has 0 saturated heterocycles. The molecule has 0 unspecified atom stereocenters. The van der Waals surface area contributed by atoms with Gasteiger partial charge in [0, 0.05) is 11.9 Å². The Kier molecular flexibility index (Phi) is 4.75. The molecule has 0 amide bonds. The molecule has 0 atom stereocenters. The molecule has 27 heavy (non-hydrogen) atoms. The van der Waals surface area contributed by atoms with E-state index in [1.807, 2.05) is 0 Å². The van der Waals surface area contributed by atoms with Crippen LogP contribution in [-0.2, 0) is 14.8 Å². The van der Waals surface area contributed by atoms with Gasteiger partial charge in [-0.3, -0.25) is 4.72 Å². The van der Waals surface area contributed by atoms with Gasteiger partial charge >= 0.3 is 5.97 Å². The molecule has 3 aromatic rings. The van der Waals surface area contributed by atoms with Crippen molar-refractivity contribution in [1.82, 2.24) is 14.6 Å². The number of ether oxygens (including phenoxy) is 1. The third-order valence-corrected chi connectivity index (χ3v) is 4.62. The van der Waals surface area contributed by atoms with Crippen LogP contribution in [0.3, 0.4) is 0 Å². The molecule has 2 N–H and O–H groups in total. The molecule has 10 heteroatoms. The van der Waals surface area contributed by atoms with Crippen LogP contribution in [0.1, 0.15) is 21.5 Å². The molecular formula is C17H19N5O4S. The van der Waals surface area contributed by atoms with Crippen molar-refractivity contribution >= 4 is 38.7 Å². The summed E-state index contributed by atoms with van der Waals surface area (Å²) in [5.74, 6) is 0.0192. The van der Waals surface area contributed by atoms with Crippen molar-refractivity contribution in [2.45, 2.75) is 13.8 Å². The Morgan fingerprint density at radius 3 is 2.67 bits per heavy atom. The summed E-state index contributed by atoms with van der Waals surface area (Å²) in [5, 5.41) is 7.28. The number of esters is 1. The van der Waals surface area contributed by atoms with Gasteiger partial charge in [-0.15, -0.1) is 0 Å². The highest BCUT2D eigenvalue weighted by Gasteiger charge is 2.18. The lowest BCUT2D eigenvalue weighted by molar-refractivity contribution is 0.0600. The van der Waals surface area contributed by atoms with Crippen molar-refractivity contribution in [1.29, 1.82) is 0 Å². The lowest BCUT2D eigenvalue weighted by Crippen LogP contribution is -2.11. The molecule has 3 rings (SSSR count). The molecule has 0 aliphatic rings. The van der Waals surface area contributed by atoms with Crippen molar-refractivity contribution in [2.75, 3.05) is 23.4 Å². The second-order valence-electron chi connectivity index (χ2n) is 6.09. The van der Waals surface area contributed by atoms with Crippen LogP contribution in [-0.4, -0.2) is 42.4 Å². The molecule has 9 nitrogen and oxygen atoms in total. The number of carbonyl (C=O) groups excluding carboxylic acids is 1. The van der Waals surface area contributed by atoms with Crippen molar-refractivity contribution < 1.29 is 17.9 Å². The second-order valence-corrected chi connectivity index (χ2v) is 7.84. The minimum atomic E-state index is -3.40. The van der Waals surface area contributed by atoms with Crippen molar-refractivity contribution in [3.8, 4) is 0 Å². The number of hydrogen-bond acceptors (Lipinski definition) is 7. The first-order chi connectivity index (χ1) is 12.7. The van der Waals surface area contributed by atoms with Gasteiger partial charge in [-0.1, -0.05) is 6.07 Å². The van der Waals surface area contributed by atoms with E-state index >= 15 is 0 Å². The largest absolute Gasteiger partial charge is 0.465 e. The van der Waals surface area contributed by atoms with E-state index in [1.54, 1.807) is 42.8 Å². The van der Waals surface area contributed by atoms with E-state index in [1.165, 1.54) is 13.4 Å². The Morgan fingerprint density at radius 1 is 1.26 bits per heavy atom. The highest BCUT2D eigenvalue weighted by Crippen LogP contribution is 2.28.